The van der Waals surface area contributed by atoms with Crippen molar-refractivity contribution in [2.75, 3.05) is 18.2 Å². The van der Waals surface area contributed by atoms with Crippen molar-refractivity contribution in [3.05, 3.63) is 54.7 Å². The number of pyridine rings is 1. The number of hydrogen-bond acceptors (Lipinski definition) is 4. The van der Waals surface area contributed by atoms with Crippen molar-refractivity contribution in [2.45, 2.75) is 0 Å². The van der Waals surface area contributed by atoms with Crippen LogP contribution in [0.5, 0.6) is 5.75 Å². The number of rotatable bonds is 3. The number of fused-ring (bicyclic) bond motifs is 1. The highest BCUT2D eigenvalue weighted by molar-refractivity contribution is 5.94. The largest absolute Gasteiger partial charge is 0.497 e. The van der Waals surface area contributed by atoms with Gasteiger partial charge < -0.3 is 15.8 Å². The zero-order valence-electron chi connectivity index (χ0n) is 11.1. The fraction of sp³-hybridized carbons (Fsp3) is 0.0625. The van der Waals surface area contributed by atoms with Crippen molar-refractivity contribution in [3.63, 3.8) is 0 Å². The summed E-state index contributed by atoms with van der Waals surface area (Å²) in [6, 6.07) is 15.5. The van der Waals surface area contributed by atoms with E-state index in [1.165, 1.54) is 0 Å². The van der Waals surface area contributed by atoms with E-state index in [-0.39, 0.29) is 0 Å². The number of nitrogens with two attached hydrogens (primary N) is 1. The molecule has 2 aromatic carbocycles. The summed E-state index contributed by atoms with van der Waals surface area (Å²) in [4.78, 5) is 4.39. The zero-order valence-corrected chi connectivity index (χ0v) is 11.1. The lowest BCUT2D eigenvalue weighted by molar-refractivity contribution is 0.415. The molecule has 3 N–H and O–H groups in total. The number of ether oxygens (including phenoxy) is 1. The number of nitrogens with one attached hydrogen (secondary N) is 1. The molecule has 100 valence electrons. The molecule has 4 nitrogen and oxygen atoms in total. The Morgan fingerprint density at radius 2 is 2.00 bits per heavy atom. The lowest BCUT2D eigenvalue weighted by Gasteiger charge is -2.10. The van der Waals surface area contributed by atoms with Gasteiger partial charge in [0.1, 0.15) is 11.6 Å². The predicted molar refractivity (Wildman–Crippen MR) is 82.4 cm³/mol. The van der Waals surface area contributed by atoms with E-state index in [9.17, 15) is 0 Å². The first-order valence-electron chi connectivity index (χ1n) is 6.31. The van der Waals surface area contributed by atoms with Crippen LogP contribution in [0.25, 0.3) is 10.8 Å². The molecule has 0 radical (unpaired) electrons. The molecule has 0 spiro atoms. The van der Waals surface area contributed by atoms with Crippen LogP contribution in [0.2, 0.25) is 0 Å². The molecule has 0 unspecified atom stereocenters. The molecule has 1 aromatic heterocycles. The van der Waals surface area contributed by atoms with E-state index in [2.05, 4.69) is 10.3 Å². The van der Waals surface area contributed by atoms with Gasteiger partial charge in [0.05, 0.1) is 7.11 Å². The Morgan fingerprint density at radius 1 is 1.10 bits per heavy atom. The number of benzene rings is 2. The molecule has 0 fully saturated rings. The van der Waals surface area contributed by atoms with Gasteiger partial charge in [0.2, 0.25) is 0 Å². The summed E-state index contributed by atoms with van der Waals surface area (Å²) in [5.41, 5.74) is 7.42. The van der Waals surface area contributed by atoms with Crippen molar-refractivity contribution in [1.82, 2.24) is 4.98 Å². The molecular weight excluding hydrogens is 250 g/mol. The van der Waals surface area contributed by atoms with Gasteiger partial charge in [0.25, 0.3) is 0 Å². The minimum Gasteiger partial charge on any atom is -0.497 e. The monoisotopic (exact) mass is 265 g/mol. The molecule has 0 aliphatic rings. The third-order valence-electron chi connectivity index (χ3n) is 3.12. The molecule has 1 heterocycles. The normalized spacial score (nSPS) is 10.4. The molecule has 0 saturated heterocycles. The molecular formula is C16H15N3O. The third-order valence-corrected chi connectivity index (χ3v) is 3.12. The lowest BCUT2D eigenvalue weighted by Crippen LogP contribution is -1.95. The number of nitrogen functional groups attached to an aromatic ring is 1. The van der Waals surface area contributed by atoms with Crippen molar-refractivity contribution in [2.24, 2.45) is 0 Å². The first-order valence-corrected chi connectivity index (χ1v) is 6.31. The SMILES string of the molecule is COc1ccc2c(Nc3cccc(N)c3)nccc2c1. The second-order valence-corrected chi connectivity index (χ2v) is 4.50. The molecule has 0 bridgehead atoms. The van der Waals surface area contributed by atoms with Crippen molar-refractivity contribution in [3.8, 4) is 5.75 Å². The van der Waals surface area contributed by atoms with E-state index in [1.54, 1.807) is 13.3 Å². The molecule has 0 amide bonds. The molecule has 0 atom stereocenters. The number of methoxy groups -OCH3 is 1. The Bertz CT molecular complexity index is 756. The highest BCUT2D eigenvalue weighted by atomic mass is 16.5. The van der Waals surface area contributed by atoms with Crippen molar-refractivity contribution in [1.29, 1.82) is 0 Å². The summed E-state index contributed by atoms with van der Waals surface area (Å²) in [6.07, 6.45) is 1.77. The van der Waals surface area contributed by atoms with Gasteiger partial charge in [0.15, 0.2) is 0 Å². The molecule has 4 heteroatoms. The van der Waals surface area contributed by atoms with E-state index < -0.39 is 0 Å². The summed E-state index contributed by atoms with van der Waals surface area (Å²) in [7, 11) is 1.66. The minimum absolute atomic E-state index is 0.719. The smallest absolute Gasteiger partial charge is 0.138 e. The van der Waals surface area contributed by atoms with E-state index in [1.807, 2.05) is 48.5 Å². The van der Waals surface area contributed by atoms with Gasteiger partial charge in [-0.2, -0.15) is 0 Å². The third kappa shape index (κ3) is 2.36. The number of hydrogen-bond donors (Lipinski definition) is 2. The Kier molecular flexibility index (Phi) is 3.13. The minimum atomic E-state index is 0.719. The predicted octanol–water partition coefficient (Wildman–Crippen LogP) is 3.57. The van der Waals surface area contributed by atoms with Crippen LogP contribution < -0.4 is 15.8 Å². The number of aromatic nitrogens is 1. The van der Waals surface area contributed by atoms with E-state index >= 15 is 0 Å². The first kappa shape index (κ1) is 12.3. The average molecular weight is 265 g/mol. The van der Waals surface area contributed by atoms with Crippen LogP contribution in [0.15, 0.2) is 54.7 Å². The molecule has 20 heavy (non-hydrogen) atoms. The molecule has 0 aliphatic heterocycles. The fourth-order valence-corrected chi connectivity index (χ4v) is 2.14. The Hall–Kier alpha value is -2.75. The first-order chi connectivity index (χ1) is 9.76. The summed E-state index contributed by atoms with van der Waals surface area (Å²) >= 11 is 0. The second-order valence-electron chi connectivity index (χ2n) is 4.50. The molecule has 0 aliphatic carbocycles. The summed E-state index contributed by atoms with van der Waals surface area (Å²) in [5.74, 6) is 1.63. The number of nitrogens with zero attached hydrogens (tertiary/aromatic N) is 1. The van der Waals surface area contributed by atoms with Gasteiger partial charge in [-0.3, -0.25) is 0 Å². The van der Waals surface area contributed by atoms with Gasteiger partial charge >= 0.3 is 0 Å². The van der Waals surface area contributed by atoms with Crippen LogP contribution in [0.4, 0.5) is 17.2 Å². The highest BCUT2D eigenvalue weighted by Crippen LogP contribution is 2.27. The van der Waals surface area contributed by atoms with Gasteiger partial charge in [0, 0.05) is 23.0 Å². The van der Waals surface area contributed by atoms with Crippen LogP contribution in [-0.2, 0) is 0 Å². The summed E-state index contributed by atoms with van der Waals surface area (Å²) in [5, 5.41) is 5.41. The van der Waals surface area contributed by atoms with Crippen molar-refractivity contribution < 1.29 is 4.74 Å². The average Bonchev–Trinajstić information content (AvgIpc) is 2.47. The maximum atomic E-state index is 5.79. The lowest BCUT2D eigenvalue weighted by atomic mass is 10.1. The van der Waals surface area contributed by atoms with Crippen molar-refractivity contribution >= 4 is 28.0 Å². The fourth-order valence-electron chi connectivity index (χ4n) is 2.14. The second kappa shape index (κ2) is 5.09. The van der Waals surface area contributed by atoms with Crippen LogP contribution in [0.1, 0.15) is 0 Å². The highest BCUT2D eigenvalue weighted by Gasteiger charge is 2.04. The van der Waals surface area contributed by atoms with E-state index in [0.717, 1.165) is 33.7 Å². The van der Waals surface area contributed by atoms with E-state index in [0.29, 0.717) is 0 Å². The molecule has 3 rings (SSSR count). The maximum absolute atomic E-state index is 5.79. The Morgan fingerprint density at radius 3 is 2.80 bits per heavy atom. The van der Waals surface area contributed by atoms with Crippen LogP contribution in [0.3, 0.4) is 0 Å². The van der Waals surface area contributed by atoms with Gasteiger partial charge in [-0.15, -0.1) is 0 Å². The van der Waals surface area contributed by atoms with Crippen LogP contribution in [0, 0.1) is 0 Å². The topological polar surface area (TPSA) is 60.2 Å². The quantitative estimate of drug-likeness (QED) is 0.711. The summed E-state index contributed by atoms with van der Waals surface area (Å²) < 4.78 is 5.24. The summed E-state index contributed by atoms with van der Waals surface area (Å²) in [6.45, 7) is 0. The Labute approximate surface area is 117 Å². The Balaban J connectivity index is 2.03. The molecule has 3 aromatic rings. The van der Waals surface area contributed by atoms with E-state index in [4.69, 9.17) is 10.5 Å². The molecule has 0 saturated carbocycles. The van der Waals surface area contributed by atoms with Gasteiger partial charge in [-0.05, 0) is 47.9 Å². The van der Waals surface area contributed by atoms with Crippen LogP contribution in [-0.4, -0.2) is 12.1 Å². The zero-order chi connectivity index (χ0) is 13.9. The number of anilines is 3. The van der Waals surface area contributed by atoms with Gasteiger partial charge in [-0.25, -0.2) is 4.98 Å². The standard InChI is InChI=1S/C16H15N3O/c1-20-14-5-6-15-11(9-14)7-8-18-16(15)19-13-4-2-3-12(17)10-13/h2-10H,17H2,1H3,(H,18,19). The van der Waals surface area contributed by atoms with Crippen LogP contribution >= 0.6 is 0 Å². The maximum Gasteiger partial charge on any atom is 0.138 e. The van der Waals surface area contributed by atoms with Gasteiger partial charge in [-0.1, -0.05) is 6.07 Å².